The van der Waals surface area contributed by atoms with Crippen LogP contribution in [0.3, 0.4) is 0 Å². The number of ether oxygens (including phenoxy) is 1. The number of nitrogens with one attached hydrogen (secondary N) is 1. The monoisotopic (exact) mass is 315 g/mol. The van der Waals surface area contributed by atoms with Crippen LogP contribution in [0, 0.1) is 18.3 Å². The third-order valence-electron chi connectivity index (χ3n) is 3.68. The molecule has 2 rings (SSSR count). The first-order valence-electron chi connectivity index (χ1n) is 7.08. The van der Waals surface area contributed by atoms with Crippen LogP contribution in [0.2, 0.25) is 0 Å². The Hall–Kier alpha value is -2.88. The van der Waals surface area contributed by atoms with E-state index in [2.05, 4.69) is 5.32 Å². The van der Waals surface area contributed by atoms with Gasteiger partial charge < -0.3 is 10.1 Å². The number of amides is 3. The number of rotatable bonds is 4. The summed E-state index contributed by atoms with van der Waals surface area (Å²) in [7, 11) is 0. The highest BCUT2D eigenvalue weighted by Crippen LogP contribution is 2.28. The van der Waals surface area contributed by atoms with E-state index in [4.69, 9.17) is 10.00 Å². The van der Waals surface area contributed by atoms with E-state index >= 15 is 0 Å². The molecule has 1 saturated heterocycles. The van der Waals surface area contributed by atoms with Crippen LogP contribution in [-0.4, -0.2) is 35.5 Å². The van der Waals surface area contributed by atoms with Crippen molar-refractivity contribution >= 4 is 17.9 Å². The second kappa shape index (κ2) is 6.08. The van der Waals surface area contributed by atoms with Crippen molar-refractivity contribution in [3.05, 3.63) is 35.4 Å². The summed E-state index contributed by atoms with van der Waals surface area (Å²) in [6.45, 7) is 4.37. The number of hydrogen-bond acceptors (Lipinski definition) is 5. The zero-order chi connectivity index (χ0) is 17.2. The first kappa shape index (κ1) is 16.5. The lowest BCUT2D eigenvalue weighted by molar-refractivity contribution is -0.149. The van der Waals surface area contributed by atoms with Gasteiger partial charge in [0.25, 0.3) is 5.91 Å². The number of hydrogen-bond donors (Lipinski definition) is 1. The lowest BCUT2D eigenvalue weighted by Crippen LogP contribution is -2.41. The van der Waals surface area contributed by atoms with Crippen LogP contribution >= 0.6 is 0 Å². The lowest BCUT2D eigenvalue weighted by atomic mass is 9.91. The molecule has 1 heterocycles. The normalized spacial score (nSPS) is 21.6. The van der Waals surface area contributed by atoms with E-state index in [1.165, 1.54) is 6.92 Å². The number of urea groups is 1. The van der Waals surface area contributed by atoms with Crippen molar-refractivity contribution in [3.8, 4) is 6.07 Å². The van der Waals surface area contributed by atoms with Crippen molar-refractivity contribution in [2.24, 2.45) is 0 Å². The van der Waals surface area contributed by atoms with Gasteiger partial charge in [-0.2, -0.15) is 5.26 Å². The fourth-order valence-electron chi connectivity index (χ4n) is 2.31. The highest BCUT2D eigenvalue weighted by atomic mass is 16.5. The number of aryl methyl sites for hydroxylation is 1. The van der Waals surface area contributed by atoms with E-state index in [-0.39, 0.29) is 0 Å². The van der Waals surface area contributed by atoms with Crippen LogP contribution in [0.15, 0.2) is 24.3 Å². The maximum atomic E-state index is 12.6. The Balaban J connectivity index is 2.18. The van der Waals surface area contributed by atoms with Crippen molar-refractivity contribution in [1.82, 2.24) is 10.2 Å². The molecular weight excluding hydrogens is 298 g/mol. The molecule has 0 unspecified atom stereocenters. The van der Waals surface area contributed by atoms with Gasteiger partial charge in [0, 0.05) is 0 Å². The van der Waals surface area contributed by atoms with Crippen molar-refractivity contribution in [2.75, 3.05) is 6.54 Å². The Morgan fingerprint density at radius 2 is 2.00 bits per heavy atom. The largest absolute Gasteiger partial charge is 0.446 e. The molecule has 0 aromatic heterocycles. The fraction of sp³-hybridized carbons (Fsp3) is 0.375. The van der Waals surface area contributed by atoms with Gasteiger partial charge in [0.15, 0.2) is 6.10 Å². The van der Waals surface area contributed by atoms with Gasteiger partial charge in [0.2, 0.25) is 0 Å². The molecular formula is C16H17N3O4. The molecule has 1 aromatic carbocycles. The summed E-state index contributed by atoms with van der Waals surface area (Å²) in [4.78, 5) is 37.1. The molecule has 0 aliphatic carbocycles. The summed E-state index contributed by atoms with van der Waals surface area (Å²) in [5, 5.41) is 11.2. The van der Waals surface area contributed by atoms with Gasteiger partial charge in [0.05, 0.1) is 0 Å². The van der Waals surface area contributed by atoms with E-state index in [0.717, 1.165) is 10.5 Å². The van der Waals surface area contributed by atoms with Gasteiger partial charge >= 0.3 is 12.0 Å². The summed E-state index contributed by atoms with van der Waals surface area (Å²) in [6, 6.07) is 8.27. The second-order valence-electron chi connectivity index (χ2n) is 5.57. The molecule has 1 aliphatic rings. The lowest BCUT2D eigenvalue weighted by Gasteiger charge is -2.22. The van der Waals surface area contributed by atoms with Crippen LogP contribution in [0.5, 0.6) is 0 Å². The molecule has 23 heavy (non-hydrogen) atoms. The predicted molar refractivity (Wildman–Crippen MR) is 79.9 cm³/mol. The van der Waals surface area contributed by atoms with Crippen LogP contribution in [0.1, 0.15) is 25.0 Å². The van der Waals surface area contributed by atoms with E-state index in [0.29, 0.717) is 5.56 Å². The van der Waals surface area contributed by atoms with Crippen LogP contribution in [-0.2, 0) is 19.9 Å². The fourth-order valence-corrected chi connectivity index (χ4v) is 2.31. The predicted octanol–water partition coefficient (Wildman–Crippen LogP) is 1.22. The molecule has 1 N–H and O–H groups in total. The molecule has 0 saturated carbocycles. The van der Waals surface area contributed by atoms with E-state index in [9.17, 15) is 14.4 Å². The number of nitriles is 1. The molecule has 2 atom stereocenters. The topological polar surface area (TPSA) is 99.5 Å². The molecule has 7 heteroatoms. The van der Waals surface area contributed by atoms with Gasteiger partial charge in [0.1, 0.15) is 18.2 Å². The Morgan fingerprint density at radius 1 is 1.39 bits per heavy atom. The summed E-state index contributed by atoms with van der Waals surface area (Å²) in [5.74, 6) is -1.34. The maximum absolute atomic E-state index is 12.6. The van der Waals surface area contributed by atoms with Crippen LogP contribution in [0.25, 0.3) is 0 Å². The third kappa shape index (κ3) is 3.16. The number of benzene rings is 1. The first-order chi connectivity index (χ1) is 10.8. The summed E-state index contributed by atoms with van der Waals surface area (Å²) >= 11 is 0. The third-order valence-corrected chi connectivity index (χ3v) is 3.68. The van der Waals surface area contributed by atoms with Gasteiger partial charge in [-0.05, 0) is 26.3 Å². The first-order valence-corrected chi connectivity index (χ1v) is 7.08. The number of imide groups is 1. The molecule has 0 bridgehead atoms. The molecule has 0 spiro atoms. The van der Waals surface area contributed by atoms with Gasteiger partial charge in [-0.25, -0.2) is 4.79 Å². The Labute approximate surface area is 133 Å². The Kier molecular flexibility index (Phi) is 4.36. The number of carbonyl (C=O) groups excluding carboxylic acids is 3. The SMILES string of the molecule is Cc1ccc([C@@]2(C)NC(=O)N(CC(=O)O[C@@H](C)C#N)C2=O)cc1. The zero-order valence-electron chi connectivity index (χ0n) is 13.1. The van der Waals surface area contributed by atoms with Crippen molar-refractivity contribution < 1.29 is 19.1 Å². The van der Waals surface area contributed by atoms with E-state index in [1.54, 1.807) is 25.1 Å². The summed E-state index contributed by atoms with van der Waals surface area (Å²) < 4.78 is 4.77. The van der Waals surface area contributed by atoms with Crippen molar-refractivity contribution in [3.63, 3.8) is 0 Å². The maximum Gasteiger partial charge on any atom is 0.327 e. The van der Waals surface area contributed by atoms with Gasteiger partial charge in [-0.15, -0.1) is 0 Å². The second-order valence-corrected chi connectivity index (χ2v) is 5.57. The molecule has 1 fully saturated rings. The summed E-state index contributed by atoms with van der Waals surface area (Å²) in [6.07, 6.45) is -0.938. The molecule has 120 valence electrons. The standard InChI is InChI=1S/C16H17N3O4/c1-10-4-6-12(7-5-10)16(3)14(21)19(15(22)18-16)9-13(20)23-11(2)8-17/h4-7,11H,9H2,1-3H3,(H,18,22)/t11-,16+/m0/s1. The average molecular weight is 315 g/mol. The Morgan fingerprint density at radius 3 is 2.57 bits per heavy atom. The van der Waals surface area contributed by atoms with Crippen LogP contribution in [0.4, 0.5) is 4.79 Å². The van der Waals surface area contributed by atoms with E-state index < -0.39 is 36.1 Å². The average Bonchev–Trinajstić information content (AvgIpc) is 2.72. The van der Waals surface area contributed by atoms with Gasteiger partial charge in [-0.1, -0.05) is 29.8 Å². The van der Waals surface area contributed by atoms with Crippen LogP contribution < -0.4 is 5.32 Å². The van der Waals surface area contributed by atoms with Crippen molar-refractivity contribution in [2.45, 2.75) is 32.4 Å². The number of carbonyl (C=O) groups is 3. The van der Waals surface area contributed by atoms with Crippen molar-refractivity contribution in [1.29, 1.82) is 5.26 Å². The minimum absolute atomic E-state index is 0.530. The molecule has 0 radical (unpaired) electrons. The minimum atomic E-state index is -1.23. The molecule has 1 aliphatic heterocycles. The van der Waals surface area contributed by atoms with Gasteiger partial charge in [-0.3, -0.25) is 14.5 Å². The smallest absolute Gasteiger partial charge is 0.327 e. The highest BCUT2D eigenvalue weighted by Gasteiger charge is 2.49. The highest BCUT2D eigenvalue weighted by molar-refractivity contribution is 6.08. The minimum Gasteiger partial charge on any atom is -0.446 e. The number of nitrogens with zero attached hydrogens (tertiary/aromatic N) is 2. The Bertz CT molecular complexity index is 692. The molecule has 7 nitrogen and oxygen atoms in total. The van der Waals surface area contributed by atoms with E-state index in [1.807, 2.05) is 19.1 Å². The molecule has 3 amide bonds. The number of esters is 1. The quantitative estimate of drug-likeness (QED) is 0.665. The zero-order valence-corrected chi connectivity index (χ0v) is 13.1. The summed E-state index contributed by atoms with van der Waals surface area (Å²) in [5.41, 5.74) is 0.425. The molecule has 1 aromatic rings.